The highest BCUT2D eigenvalue weighted by Crippen LogP contribution is 2.27. The Morgan fingerprint density at radius 1 is 0.885 bits per heavy atom. The Morgan fingerprint density at radius 2 is 1.46 bits per heavy atom. The van der Waals surface area contributed by atoms with Gasteiger partial charge in [-0.25, -0.2) is 0 Å². The van der Waals surface area contributed by atoms with Crippen LogP contribution in [0.2, 0.25) is 5.02 Å². The summed E-state index contributed by atoms with van der Waals surface area (Å²) in [7, 11) is 5.05. The maximum absolute atomic E-state index is 5.90. The fourth-order valence-corrected chi connectivity index (χ4v) is 2.68. The van der Waals surface area contributed by atoms with Crippen molar-refractivity contribution < 1.29 is 9.47 Å². The second-order valence-electron chi connectivity index (χ2n) is 5.74. The predicted octanol–water partition coefficient (Wildman–Crippen LogP) is 3.31. The third kappa shape index (κ3) is 6.15. The van der Waals surface area contributed by atoms with E-state index in [-0.39, 0.29) is 0 Å². The third-order valence-electron chi connectivity index (χ3n) is 4.00. The standard InChI is InChI=1S/C20H26ClN3O2/c1-22-20(23-12-10-15-4-7-17(21)8-5-15)24-13-11-16-6-9-18(25-2)19(14-16)26-3/h4-9,14H,10-13H2,1-3H3,(H2,22,23,24). The molecule has 0 radical (unpaired) electrons. The van der Waals surface area contributed by atoms with Gasteiger partial charge in [0.25, 0.3) is 0 Å². The molecule has 5 nitrogen and oxygen atoms in total. The number of guanidine groups is 1. The highest BCUT2D eigenvalue weighted by atomic mass is 35.5. The van der Waals surface area contributed by atoms with Crippen LogP contribution in [0.3, 0.4) is 0 Å². The lowest BCUT2D eigenvalue weighted by atomic mass is 10.1. The summed E-state index contributed by atoms with van der Waals surface area (Å²) in [4.78, 5) is 4.25. The Balaban J connectivity index is 1.75. The Bertz CT molecular complexity index is 717. The van der Waals surface area contributed by atoms with Gasteiger partial charge < -0.3 is 20.1 Å². The number of halogens is 1. The molecule has 0 unspecified atom stereocenters. The fourth-order valence-electron chi connectivity index (χ4n) is 2.56. The lowest BCUT2D eigenvalue weighted by Gasteiger charge is -2.13. The van der Waals surface area contributed by atoms with Gasteiger partial charge in [0.2, 0.25) is 0 Å². The summed E-state index contributed by atoms with van der Waals surface area (Å²) in [6.07, 6.45) is 1.77. The van der Waals surface area contributed by atoms with Gasteiger partial charge in [0.15, 0.2) is 17.5 Å². The van der Waals surface area contributed by atoms with Crippen molar-refractivity contribution in [3.8, 4) is 11.5 Å². The lowest BCUT2D eigenvalue weighted by Crippen LogP contribution is -2.39. The summed E-state index contributed by atoms with van der Waals surface area (Å²) in [5, 5.41) is 7.40. The fraction of sp³-hybridized carbons (Fsp3) is 0.350. The molecule has 6 heteroatoms. The van der Waals surface area contributed by atoms with E-state index in [1.807, 2.05) is 42.5 Å². The average molecular weight is 376 g/mol. The molecule has 0 bridgehead atoms. The van der Waals surface area contributed by atoms with Crippen molar-refractivity contribution in [1.82, 2.24) is 10.6 Å². The molecule has 0 fully saturated rings. The smallest absolute Gasteiger partial charge is 0.190 e. The Kier molecular flexibility index (Phi) is 8.09. The largest absolute Gasteiger partial charge is 0.493 e. The molecule has 0 saturated heterocycles. The highest BCUT2D eigenvalue weighted by molar-refractivity contribution is 6.30. The van der Waals surface area contributed by atoms with Gasteiger partial charge in [0, 0.05) is 25.2 Å². The first-order chi connectivity index (χ1) is 12.7. The summed E-state index contributed by atoms with van der Waals surface area (Å²) in [6, 6.07) is 13.9. The molecule has 2 rings (SSSR count). The van der Waals surface area contributed by atoms with Gasteiger partial charge in [0.1, 0.15) is 0 Å². The van der Waals surface area contributed by atoms with Crippen molar-refractivity contribution in [3.63, 3.8) is 0 Å². The number of methoxy groups -OCH3 is 2. The number of benzene rings is 2. The number of nitrogens with one attached hydrogen (secondary N) is 2. The molecule has 0 heterocycles. The maximum atomic E-state index is 5.90. The minimum atomic E-state index is 0.740. The summed E-state index contributed by atoms with van der Waals surface area (Å²) < 4.78 is 10.6. The Morgan fingerprint density at radius 3 is 2.04 bits per heavy atom. The van der Waals surface area contributed by atoms with E-state index in [4.69, 9.17) is 21.1 Å². The molecule has 0 aliphatic carbocycles. The minimum Gasteiger partial charge on any atom is -0.493 e. The molecule has 0 saturated carbocycles. The zero-order chi connectivity index (χ0) is 18.8. The van der Waals surface area contributed by atoms with Crippen molar-refractivity contribution >= 4 is 17.6 Å². The number of ether oxygens (including phenoxy) is 2. The van der Waals surface area contributed by atoms with Crippen LogP contribution in [-0.2, 0) is 12.8 Å². The molecule has 0 aliphatic heterocycles. The van der Waals surface area contributed by atoms with Crippen molar-refractivity contribution in [2.24, 2.45) is 4.99 Å². The molecular formula is C20H26ClN3O2. The molecule has 2 N–H and O–H groups in total. The van der Waals surface area contributed by atoms with Crippen molar-refractivity contribution in [3.05, 3.63) is 58.6 Å². The van der Waals surface area contributed by atoms with E-state index in [9.17, 15) is 0 Å². The van der Waals surface area contributed by atoms with Crippen molar-refractivity contribution in [2.45, 2.75) is 12.8 Å². The topological polar surface area (TPSA) is 54.9 Å². The molecular weight excluding hydrogens is 350 g/mol. The van der Waals surface area contributed by atoms with Crippen LogP contribution in [0.1, 0.15) is 11.1 Å². The molecule has 140 valence electrons. The number of nitrogens with zero attached hydrogens (tertiary/aromatic N) is 1. The van der Waals surface area contributed by atoms with Crippen molar-refractivity contribution in [2.75, 3.05) is 34.4 Å². The molecule has 0 amide bonds. The summed E-state index contributed by atoms with van der Waals surface area (Å²) in [5.74, 6) is 2.28. The van der Waals surface area contributed by atoms with Gasteiger partial charge in [-0.3, -0.25) is 4.99 Å². The number of rotatable bonds is 8. The third-order valence-corrected chi connectivity index (χ3v) is 4.25. The maximum Gasteiger partial charge on any atom is 0.190 e. The molecule has 2 aromatic carbocycles. The van der Waals surface area contributed by atoms with Gasteiger partial charge in [-0.2, -0.15) is 0 Å². The number of aliphatic imine (C=N–C) groups is 1. The van der Waals surface area contributed by atoms with Gasteiger partial charge in [-0.15, -0.1) is 0 Å². The SMILES string of the molecule is CN=C(NCCc1ccc(Cl)cc1)NCCc1ccc(OC)c(OC)c1. The molecule has 26 heavy (non-hydrogen) atoms. The van der Waals surface area contributed by atoms with Gasteiger partial charge >= 0.3 is 0 Å². The van der Waals surface area contributed by atoms with Gasteiger partial charge in [-0.05, 0) is 48.2 Å². The first-order valence-electron chi connectivity index (χ1n) is 8.56. The molecule has 0 atom stereocenters. The number of hydrogen-bond acceptors (Lipinski definition) is 3. The molecule has 0 spiro atoms. The normalized spacial score (nSPS) is 11.2. The van der Waals surface area contributed by atoms with E-state index in [1.165, 1.54) is 11.1 Å². The van der Waals surface area contributed by atoms with E-state index < -0.39 is 0 Å². The van der Waals surface area contributed by atoms with Crippen molar-refractivity contribution in [1.29, 1.82) is 0 Å². The first-order valence-corrected chi connectivity index (χ1v) is 8.94. The lowest BCUT2D eigenvalue weighted by molar-refractivity contribution is 0.354. The zero-order valence-electron chi connectivity index (χ0n) is 15.5. The quantitative estimate of drug-likeness (QED) is 0.549. The summed E-state index contributed by atoms with van der Waals surface area (Å²) >= 11 is 5.90. The second kappa shape index (κ2) is 10.6. The zero-order valence-corrected chi connectivity index (χ0v) is 16.3. The molecule has 2 aromatic rings. The summed E-state index contributed by atoms with van der Waals surface area (Å²) in [6.45, 7) is 1.58. The predicted molar refractivity (Wildman–Crippen MR) is 108 cm³/mol. The van der Waals surface area contributed by atoms with Crippen LogP contribution in [0.4, 0.5) is 0 Å². The molecule has 0 aliphatic rings. The van der Waals surface area contributed by atoms with Crippen LogP contribution < -0.4 is 20.1 Å². The number of hydrogen-bond donors (Lipinski definition) is 2. The van der Waals surface area contributed by atoms with E-state index in [0.29, 0.717) is 0 Å². The Labute approximate surface area is 160 Å². The molecule has 0 aromatic heterocycles. The highest BCUT2D eigenvalue weighted by Gasteiger charge is 2.05. The second-order valence-corrected chi connectivity index (χ2v) is 6.18. The van der Waals surface area contributed by atoms with Crippen LogP contribution in [0.5, 0.6) is 11.5 Å². The first kappa shape index (κ1) is 19.9. The van der Waals surface area contributed by atoms with Crippen LogP contribution in [0.15, 0.2) is 47.5 Å². The van der Waals surface area contributed by atoms with E-state index >= 15 is 0 Å². The average Bonchev–Trinajstić information content (AvgIpc) is 2.68. The van der Waals surface area contributed by atoms with Crippen LogP contribution in [0.25, 0.3) is 0 Å². The summed E-state index contributed by atoms with van der Waals surface area (Å²) in [5.41, 5.74) is 2.41. The van der Waals surface area contributed by atoms with Crippen LogP contribution >= 0.6 is 11.6 Å². The van der Waals surface area contributed by atoms with E-state index in [2.05, 4.69) is 15.6 Å². The van der Waals surface area contributed by atoms with E-state index in [1.54, 1.807) is 21.3 Å². The minimum absolute atomic E-state index is 0.740. The monoisotopic (exact) mass is 375 g/mol. The Hall–Kier alpha value is -2.40. The van der Waals surface area contributed by atoms with E-state index in [0.717, 1.165) is 48.4 Å². The van der Waals surface area contributed by atoms with Gasteiger partial charge in [-0.1, -0.05) is 29.8 Å². The van der Waals surface area contributed by atoms with Crippen LogP contribution in [-0.4, -0.2) is 40.3 Å². The van der Waals surface area contributed by atoms with Crippen LogP contribution in [0, 0.1) is 0 Å². The van der Waals surface area contributed by atoms with Gasteiger partial charge in [0.05, 0.1) is 14.2 Å².